The van der Waals surface area contributed by atoms with Crippen LogP contribution in [0.5, 0.6) is 5.75 Å². The van der Waals surface area contributed by atoms with Crippen molar-refractivity contribution in [2.45, 2.75) is 12.5 Å². The first-order valence-corrected chi connectivity index (χ1v) is 5.94. The Morgan fingerprint density at radius 2 is 1.79 bits per heavy atom. The molecule has 0 spiro atoms. The lowest BCUT2D eigenvalue weighted by atomic mass is 9.99. The van der Waals surface area contributed by atoms with E-state index < -0.39 is 11.6 Å². The zero-order valence-electron chi connectivity index (χ0n) is 10.6. The summed E-state index contributed by atoms with van der Waals surface area (Å²) in [5, 5.41) is 0. The van der Waals surface area contributed by atoms with Crippen molar-refractivity contribution in [2.24, 2.45) is 5.73 Å². The molecule has 0 aliphatic carbocycles. The first kappa shape index (κ1) is 13.5. The molecule has 100 valence electrons. The van der Waals surface area contributed by atoms with Gasteiger partial charge in [-0.1, -0.05) is 24.3 Å². The Morgan fingerprint density at radius 3 is 2.42 bits per heavy atom. The van der Waals surface area contributed by atoms with Crippen LogP contribution in [0.15, 0.2) is 42.5 Å². The smallest absolute Gasteiger partial charge is 0.162 e. The van der Waals surface area contributed by atoms with Crippen LogP contribution in [0.2, 0.25) is 0 Å². The van der Waals surface area contributed by atoms with Crippen LogP contribution in [0.3, 0.4) is 0 Å². The van der Waals surface area contributed by atoms with Crippen molar-refractivity contribution >= 4 is 0 Å². The van der Waals surface area contributed by atoms with Crippen LogP contribution < -0.4 is 10.5 Å². The largest absolute Gasteiger partial charge is 0.497 e. The van der Waals surface area contributed by atoms with Crippen molar-refractivity contribution in [2.75, 3.05) is 7.11 Å². The van der Waals surface area contributed by atoms with Gasteiger partial charge in [-0.05, 0) is 35.7 Å². The quantitative estimate of drug-likeness (QED) is 0.919. The van der Waals surface area contributed by atoms with Crippen LogP contribution in [0.25, 0.3) is 0 Å². The molecule has 4 heteroatoms. The normalized spacial score (nSPS) is 12.2. The average Bonchev–Trinajstić information content (AvgIpc) is 2.44. The molecule has 0 radical (unpaired) electrons. The number of hydrogen-bond acceptors (Lipinski definition) is 2. The molecule has 0 heterocycles. The Labute approximate surface area is 110 Å². The highest BCUT2D eigenvalue weighted by atomic mass is 19.2. The van der Waals surface area contributed by atoms with Crippen molar-refractivity contribution in [3.05, 3.63) is 65.2 Å². The van der Waals surface area contributed by atoms with E-state index in [2.05, 4.69) is 0 Å². The number of methoxy groups -OCH3 is 1. The van der Waals surface area contributed by atoms with Gasteiger partial charge in [-0.15, -0.1) is 0 Å². The van der Waals surface area contributed by atoms with E-state index >= 15 is 0 Å². The van der Waals surface area contributed by atoms with Gasteiger partial charge in [0.05, 0.1) is 7.11 Å². The summed E-state index contributed by atoms with van der Waals surface area (Å²) < 4.78 is 31.7. The summed E-state index contributed by atoms with van der Waals surface area (Å²) in [6, 6.07) is 11.0. The zero-order valence-corrected chi connectivity index (χ0v) is 10.6. The van der Waals surface area contributed by atoms with E-state index in [0.717, 1.165) is 17.4 Å². The molecule has 2 aromatic carbocycles. The van der Waals surface area contributed by atoms with E-state index in [9.17, 15) is 8.78 Å². The second-order valence-electron chi connectivity index (χ2n) is 4.30. The summed E-state index contributed by atoms with van der Waals surface area (Å²) in [5.41, 5.74) is 7.14. The fourth-order valence-corrected chi connectivity index (χ4v) is 1.91. The number of halogens is 2. The van der Waals surface area contributed by atoms with E-state index in [1.54, 1.807) is 25.3 Å². The molecule has 2 aromatic rings. The highest BCUT2D eigenvalue weighted by Gasteiger charge is 2.13. The molecule has 0 saturated heterocycles. The number of hydrogen-bond donors (Lipinski definition) is 1. The Balaban J connectivity index is 2.15. The second-order valence-corrected chi connectivity index (χ2v) is 4.30. The minimum Gasteiger partial charge on any atom is -0.497 e. The predicted molar refractivity (Wildman–Crippen MR) is 70.0 cm³/mol. The van der Waals surface area contributed by atoms with Gasteiger partial charge in [-0.25, -0.2) is 8.78 Å². The Kier molecular flexibility index (Phi) is 4.12. The third kappa shape index (κ3) is 3.09. The summed E-state index contributed by atoms with van der Waals surface area (Å²) in [6.45, 7) is 0. The Hall–Kier alpha value is -1.94. The average molecular weight is 263 g/mol. The highest BCUT2D eigenvalue weighted by Crippen LogP contribution is 2.21. The summed E-state index contributed by atoms with van der Waals surface area (Å²) in [7, 11) is 1.58. The van der Waals surface area contributed by atoms with Gasteiger partial charge in [-0.3, -0.25) is 0 Å². The molecular formula is C15H15F2NO. The maximum Gasteiger partial charge on any atom is 0.162 e. The molecule has 0 bridgehead atoms. The van der Waals surface area contributed by atoms with E-state index in [0.29, 0.717) is 0 Å². The maximum atomic E-state index is 13.5. The van der Waals surface area contributed by atoms with E-state index in [-0.39, 0.29) is 18.0 Å². The van der Waals surface area contributed by atoms with Crippen molar-refractivity contribution in [3.8, 4) is 5.75 Å². The van der Waals surface area contributed by atoms with Gasteiger partial charge in [0.1, 0.15) is 5.75 Å². The minimum atomic E-state index is -0.848. The van der Waals surface area contributed by atoms with Gasteiger partial charge in [0.2, 0.25) is 0 Å². The number of nitrogens with two attached hydrogens (primary N) is 1. The van der Waals surface area contributed by atoms with Gasteiger partial charge < -0.3 is 10.5 Å². The van der Waals surface area contributed by atoms with Crippen LogP contribution in [-0.4, -0.2) is 7.11 Å². The predicted octanol–water partition coefficient (Wildman–Crippen LogP) is 3.22. The summed E-state index contributed by atoms with van der Waals surface area (Å²) in [4.78, 5) is 0. The lowest BCUT2D eigenvalue weighted by molar-refractivity contribution is 0.414. The lowest BCUT2D eigenvalue weighted by Gasteiger charge is -2.13. The summed E-state index contributed by atoms with van der Waals surface area (Å²) in [6.07, 6.45) is 0.246. The third-order valence-corrected chi connectivity index (χ3v) is 3.02. The standard InChI is InChI=1S/C15H15F2NO/c1-19-12-7-5-10(6-8-12)14(18)9-11-3-2-4-13(16)15(11)17/h2-8,14H,9,18H2,1H3. The topological polar surface area (TPSA) is 35.2 Å². The van der Waals surface area contributed by atoms with Gasteiger partial charge in [0.15, 0.2) is 11.6 Å². The van der Waals surface area contributed by atoms with Crippen LogP contribution in [0.4, 0.5) is 8.78 Å². The molecule has 19 heavy (non-hydrogen) atoms. The van der Waals surface area contributed by atoms with Crippen molar-refractivity contribution in [1.82, 2.24) is 0 Å². The molecule has 0 aliphatic rings. The SMILES string of the molecule is COc1ccc(C(N)Cc2cccc(F)c2F)cc1. The third-order valence-electron chi connectivity index (χ3n) is 3.02. The van der Waals surface area contributed by atoms with Crippen LogP contribution in [0.1, 0.15) is 17.2 Å². The Bertz CT molecular complexity index is 555. The van der Waals surface area contributed by atoms with E-state index in [4.69, 9.17) is 10.5 Å². The fourth-order valence-electron chi connectivity index (χ4n) is 1.91. The molecule has 0 fully saturated rings. The van der Waals surface area contributed by atoms with E-state index in [1.165, 1.54) is 6.07 Å². The molecule has 0 saturated carbocycles. The molecule has 0 amide bonds. The molecule has 0 aliphatic heterocycles. The van der Waals surface area contributed by atoms with Crippen molar-refractivity contribution in [3.63, 3.8) is 0 Å². The molecule has 1 atom stereocenters. The molecule has 0 aromatic heterocycles. The number of benzene rings is 2. The van der Waals surface area contributed by atoms with Gasteiger partial charge in [0.25, 0.3) is 0 Å². The summed E-state index contributed by atoms with van der Waals surface area (Å²) in [5.74, 6) is -0.946. The second kappa shape index (κ2) is 5.80. The van der Waals surface area contributed by atoms with Crippen LogP contribution >= 0.6 is 0 Å². The van der Waals surface area contributed by atoms with Gasteiger partial charge in [-0.2, -0.15) is 0 Å². The molecule has 2 rings (SSSR count). The van der Waals surface area contributed by atoms with Crippen molar-refractivity contribution < 1.29 is 13.5 Å². The molecular weight excluding hydrogens is 248 g/mol. The first-order valence-electron chi connectivity index (χ1n) is 5.94. The monoisotopic (exact) mass is 263 g/mol. The number of ether oxygens (including phenoxy) is 1. The fraction of sp³-hybridized carbons (Fsp3) is 0.200. The molecule has 1 unspecified atom stereocenters. The molecule has 2 nitrogen and oxygen atoms in total. The number of rotatable bonds is 4. The minimum absolute atomic E-state index is 0.246. The Morgan fingerprint density at radius 1 is 1.11 bits per heavy atom. The lowest BCUT2D eigenvalue weighted by Crippen LogP contribution is -2.14. The molecule has 2 N–H and O–H groups in total. The zero-order chi connectivity index (χ0) is 13.8. The highest BCUT2D eigenvalue weighted by molar-refractivity contribution is 5.30. The maximum absolute atomic E-state index is 13.5. The van der Waals surface area contributed by atoms with Gasteiger partial charge in [0, 0.05) is 6.04 Å². The summed E-state index contributed by atoms with van der Waals surface area (Å²) >= 11 is 0. The van der Waals surface area contributed by atoms with Gasteiger partial charge >= 0.3 is 0 Å². The van der Waals surface area contributed by atoms with Crippen LogP contribution in [-0.2, 0) is 6.42 Å². The van der Waals surface area contributed by atoms with Crippen molar-refractivity contribution in [1.29, 1.82) is 0 Å². The van der Waals surface area contributed by atoms with Crippen LogP contribution in [0, 0.1) is 11.6 Å². The van der Waals surface area contributed by atoms with E-state index in [1.807, 2.05) is 12.1 Å². The first-order chi connectivity index (χ1) is 9.11.